The van der Waals surface area contributed by atoms with E-state index in [2.05, 4.69) is 0 Å². The molecule has 0 radical (unpaired) electrons. The van der Waals surface area contributed by atoms with Crippen LogP contribution in [0, 0.1) is 11.7 Å². The summed E-state index contributed by atoms with van der Waals surface area (Å²) in [6.07, 6.45) is 3.71. The van der Waals surface area contributed by atoms with Crippen molar-refractivity contribution in [1.82, 2.24) is 0 Å². The smallest absolute Gasteiger partial charge is 0.140 e. The molecule has 1 saturated carbocycles. The molecule has 2 rings (SSSR count). The number of hydrogen-bond acceptors (Lipinski definition) is 1. The maximum absolute atomic E-state index is 12.8. The minimum absolute atomic E-state index is 0.307. The third-order valence-corrected chi connectivity index (χ3v) is 2.90. The van der Waals surface area contributed by atoms with Crippen LogP contribution in [0.5, 0.6) is 5.75 Å². The molecule has 1 aliphatic carbocycles. The first-order valence-corrected chi connectivity index (χ1v) is 5.21. The van der Waals surface area contributed by atoms with Crippen LogP contribution in [-0.4, -0.2) is 6.61 Å². The lowest BCUT2D eigenvalue weighted by atomic mass is 9.86. The third kappa shape index (κ3) is 2.18. The van der Waals surface area contributed by atoms with E-state index in [4.69, 9.17) is 16.3 Å². The van der Waals surface area contributed by atoms with Gasteiger partial charge in [-0.05, 0) is 30.9 Å². The molecule has 1 fully saturated rings. The molecule has 0 aliphatic heterocycles. The van der Waals surface area contributed by atoms with Crippen molar-refractivity contribution in [3.05, 3.63) is 29.0 Å². The molecule has 1 aromatic carbocycles. The van der Waals surface area contributed by atoms with Crippen LogP contribution in [0.3, 0.4) is 0 Å². The largest absolute Gasteiger partial charge is 0.492 e. The van der Waals surface area contributed by atoms with Crippen LogP contribution in [0.2, 0.25) is 5.02 Å². The van der Waals surface area contributed by atoms with Gasteiger partial charge in [-0.2, -0.15) is 0 Å². The molecule has 0 unspecified atom stereocenters. The average Bonchev–Trinajstić information content (AvgIpc) is 2.08. The quantitative estimate of drug-likeness (QED) is 0.746. The van der Waals surface area contributed by atoms with E-state index in [-0.39, 0.29) is 5.82 Å². The van der Waals surface area contributed by atoms with Crippen molar-refractivity contribution < 1.29 is 9.13 Å². The summed E-state index contributed by atoms with van der Waals surface area (Å²) in [5, 5.41) is 0.478. The molecule has 0 amide bonds. The first-order valence-electron chi connectivity index (χ1n) is 4.83. The van der Waals surface area contributed by atoms with Gasteiger partial charge in [0.05, 0.1) is 11.6 Å². The van der Waals surface area contributed by atoms with Crippen molar-refractivity contribution in [1.29, 1.82) is 0 Å². The van der Waals surface area contributed by atoms with Crippen LogP contribution < -0.4 is 4.74 Å². The average molecular weight is 215 g/mol. The van der Waals surface area contributed by atoms with Crippen molar-refractivity contribution >= 4 is 11.6 Å². The zero-order valence-electron chi connectivity index (χ0n) is 7.80. The molecule has 0 aromatic heterocycles. The van der Waals surface area contributed by atoms with Gasteiger partial charge in [0, 0.05) is 6.07 Å². The van der Waals surface area contributed by atoms with Gasteiger partial charge >= 0.3 is 0 Å². The van der Waals surface area contributed by atoms with Gasteiger partial charge in [-0.3, -0.25) is 0 Å². The van der Waals surface area contributed by atoms with Gasteiger partial charge in [-0.15, -0.1) is 0 Å². The number of halogens is 2. The second-order valence-electron chi connectivity index (χ2n) is 3.68. The molecule has 0 N–H and O–H groups in total. The van der Waals surface area contributed by atoms with Gasteiger partial charge in [0.25, 0.3) is 0 Å². The Labute approximate surface area is 87.8 Å². The van der Waals surface area contributed by atoms with E-state index in [1.54, 1.807) is 0 Å². The zero-order chi connectivity index (χ0) is 9.97. The molecule has 14 heavy (non-hydrogen) atoms. The second-order valence-corrected chi connectivity index (χ2v) is 4.09. The van der Waals surface area contributed by atoms with Crippen molar-refractivity contribution in [3.8, 4) is 5.75 Å². The Balaban J connectivity index is 1.96. The highest BCUT2D eigenvalue weighted by Gasteiger charge is 2.18. The summed E-state index contributed by atoms with van der Waals surface area (Å²) >= 11 is 5.85. The Bertz CT molecular complexity index is 323. The van der Waals surface area contributed by atoms with Crippen LogP contribution in [0.1, 0.15) is 19.3 Å². The number of ether oxygens (including phenoxy) is 1. The summed E-state index contributed by atoms with van der Waals surface area (Å²) < 4.78 is 18.3. The molecule has 0 saturated heterocycles. The van der Waals surface area contributed by atoms with E-state index in [1.807, 2.05) is 0 Å². The molecule has 1 aliphatic rings. The maximum atomic E-state index is 12.8. The Hall–Kier alpha value is -0.760. The molecular weight excluding hydrogens is 203 g/mol. The van der Waals surface area contributed by atoms with Crippen LogP contribution in [0.15, 0.2) is 18.2 Å². The van der Waals surface area contributed by atoms with Gasteiger partial charge in [0.1, 0.15) is 11.6 Å². The topological polar surface area (TPSA) is 9.23 Å². The molecule has 0 bridgehead atoms. The number of benzene rings is 1. The summed E-state index contributed by atoms with van der Waals surface area (Å²) in [6.45, 7) is 0.656. The summed E-state index contributed by atoms with van der Waals surface area (Å²) in [4.78, 5) is 0. The maximum Gasteiger partial charge on any atom is 0.140 e. The van der Waals surface area contributed by atoms with E-state index in [9.17, 15) is 4.39 Å². The van der Waals surface area contributed by atoms with Gasteiger partial charge in [0.2, 0.25) is 0 Å². The first kappa shape index (κ1) is 9.78. The Morgan fingerprint density at radius 3 is 2.86 bits per heavy atom. The van der Waals surface area contributed by atoms with Crippen molar-refractivity contribution in [2.24, 2.45) is 5.92 Å². The Kier molecular flexibility index (Phi) is 2.92. The Morgan fingerprint density at radius 1 is 1.43 bits per heavy atom. The standard InChI is InChI=1S/C11H12ClFO/c12-10-5-4-9(13)6-11(10)14-7-8-2-1-3-8/h4-6,8H,1-3,7H2. The molecule has 3 heteroatoms. The van der Waals surface area contributed by atoms with Crippen LogP contribution in [0.4, 0.5) is 4.39 Å². The first-order chi connectivity index (χ1) is 6.75. The van der Waals surface area contributed by atoms with Crippen LogP contribution in [-0.2, 0) is 0 Å². The van der Waals surface area contributed by atoms with E-state index in [1.165, 1.54) is 37.5 Å². The predicted octanol–water partition coefficient (Wildman–Crippen LogP) is 3.66. The molecule has 0 atom stereocenters. The minimum atomic E-state index is -0.307. The lowest BCUT2D eigenvalue weighted by Crippen LogP contribution is -2.19. The highest BCUT2D eigenvalue weighted by atomic mass is 35.5. The van der Waals surface area contributed by atoms with E-state index in [0.717, 1.165) is 0 Å². The Morgan fingerprint density at radius 2 is 2.21 bits per heavy atom. The lowest BCUT2D eigenvalue weighted by Gasteiger charge is -2.25. The van der Waals surface area contributed by atoms with E-state index >= 15 is 0 Å². The third-order valence-electron chi connectivity index (χ3n) is 2.59. The van der Waals surface area contributed by atoms with Gasteiger partial charge in [-0.1, -0.05) is 18.0 Å². The van der Waals surface area contributed by atoms with Crippen molar-refractivity contribution in [2.75, 3.05) is 6.61 Å². The SMILES string of the molecule is Fc1ccc(Cl)c(OCC2CCC2)c1. The van der Waals surface area contributed by atoms with Crippen LogP contribution >= 0.6 is 11.6 Å². The summed E-state index contributed by atoms with van der Waals surface area (Å²) in [5.41, 5.74) is 0. The fourth-order valence-electron chi connectivity index (χ4n) is 1.45. The fourth-order valence-corrected chi connectivity index (χ4v) is 1.63. The highest BCUT2D eigenvalue weighted by Crippen LogP contribution is 2.30. The second kappa shape index (κ2) is 4.18. The number of rotatable bonds is 3. The molecule has 0 spiro atoms. The van der Waals surface area contributed by atoms with Gasteiger partial charge in [0.15, 0.2) is 0 Å². The summed E-state index contributed by atoms with van der Waals surface area (Å²) in [6, 6.07) is 4.19. The van der Waals surface area contributed by atoms with Crippen LogP contribution in [0.25, 0.3) is 0 Å². The van der Waals surface area contributed by atoms with E-state index < -0.39 is 0 Å². The highest BCUT2D eigenvalue weighted by molar-refractivity contribution is 6.32. The summed E-state index contributed by atoms with van der Waals surface area (Å²) in [5.74, 6) is 0.783. The molecule has 0 heterocycles. The summed E-state index contributed by atoms with van der Waals surface area (Å²) in [7, 11) is 0. The number of hydrogen-bond donors (Lipinski definition) is 0. The normalized spacial score (nSPS) is 16.4. The monoisotopic (exact) mass is 214 g/mol. The van der Waals surface area contributed by atoms with Crippen molar-refractivity contribution in [2.45, 2.75) is 19.3 Å². The fraction of sp³-hybridized carbons (Fsp3) is 0.455. The molecular formula is C11H12ClFO. The van der Waals surface area contributed by atoms with Crippen molar-refractivity contribution in [3.63, 3.8) is 0 Å². The predicted molar refractivity (Wildman–Crippen MR) is 54.2 cm³/mol. The van der Waals surface area contributed by atoms with E-state index in [0.29, 0.717) is 23.3 Å². The zero-order valence-corrected chi connectivity index (χ0v) is 8.56. The molecule has 1 aromatic rings. The van der Waals surface area contributed by atoms with Gasteiger partial charge < -0.3 is 4.74 Å². The molecule has 76 valence electrons. The van der Waals surface area contributed by atoms with Gasteiger partial charge in [-0.25, -0.2) is 4.39 Å². The molecule has 1 nitrogen and oxygen atoms in total. The lowest BCUT2D eigenvalue weighted by molar-refractivity contribution is 0.180. The minimum Gasteiger partial charge on any atom is -0.492 e.